The van der Waals surface area contributed by atoms with Gasteiger partial charge in [0.25, 0.3) is 0 Å². The molecule has 16 nitrogen and oxygen atoms in total. The molecule has 0 saturated carbocycles. The Morgan fingerprint density at radius 2 is 1.32 bits per heavy atom. The Kier molecular flexibility index (Phi) is 21.9. The van der Waals surface area contributed by atoms with Crippen LogP contribution in [0.5, 0.6) is 0 Å². The molecule has 17 heteroatoms. The number of rotatable bonds is 26. The van der Waals surface area contributed by atoms with Crippen molar-refractivity contribution >= 4 is 53.2 Å². The third kappa shape index (κ3) is 18.6. The molecule has 2 rings (SSSR count). The highest BCUT2D eigenvalue weighted by molar-refractivity contribution is 7.98. The first kappa shape index (κ1) is 47.2. The molecule has 56 heavy (non-hydrogen) atoms. The lowest BCUT2D eigenvalue weighted by Crippen LogP contribution is -2.57. The minimum atomic E-state index is -1.29. The van der Waals surface area contributed by atoms with E-state index in [-0.39, 0.29) is 51.0 Å². The van der Waals surface area contributed by atoms with Crippen molar-refractivity contribution in [2.75, 3.05) is 25.1 Å². The molecular weight excluding hydrogens is 743 g/mol. The predicted molar refractivity (Wildman–Crippen MR) is 213 cm³/mol. The van der Waals surface area contributed by atoms with Gasteiger partial charge in [0.2, 0.25) is 29.5 Å². The normalized spacial score (nSPS) is 13.6. The minimum absolute atomic E-state index is 0.000826. The largest absolute Gasteiger partial charge is 0.480 e. The van der Waals surface area contributed by atoms with E-state index in [4.69, 9.17) is 16.2 Å². The van der Waals surface area contributed by atoms with Crippen LogP contribution in [0.4, 0.5) is 0 Å². The average molecular weight is 800 g/mol. The maximum atomic E-state index is 13.8. The van der Waals surface area contributed by atoms with Gasteiger partial charge in [-0.2, -0.15) is 11.8 Å². The fraction of sp³-hybridized carbons (Fsp3) is 0.513. The maximum absolute atomic E-state index is 13.8. The van der Waals surface area contributed by atoms with Crippen molar-refractivity contribution in [3.05, 3.63) is 71.8 Å². The van der Waals surface area contributed by atoms with E-state index in [0.29, 0.717) is 24.3 Å². The van der Waals surface area contributed by atoms with Crippen LogP contribution < -0.4 is 38.1 Å². The van der Waals surface area contributed by atoms with E-state index in [0.717, 1.165) is 5.56 Å². The highest BCUT2D eigenvalue weighted by Crippen LogP contribution is 2.10. The van der Waals surface area contributed by atoms with Crippen LogP contribution in [0.15, 0.2) is 60.7 Å². The van der Waals surface area contributed by atoms with Crippen molar-refractivity contribution in [3.8, 4) is 0 Å². The van der Waals surface area contributed by atoms with Crippen molar-refractivity contribution in [3.63, 3.8) is 0 Å². The molecule has 0 saturated heterocycles. The van der Waals surface area contributed by atoms with Gasteiger partial charge in [0.1, 0.15) is 30.8 Å². The molecule has 0 heterocycles. The summed E-state index contributed by atoms with van der Waals surface area (Å²) in [5.74, 6) is -4.89. The summed E-state index contributed by atoms with van der Waals surface area (Å²) in [6.45, 7) is 3.43. The molecule has 0 spiro atoms. The average Bonchev–Trinajstić information content (AvgIpc) is 3.17. The number of hydrogen-bond donors (Lipinski definition) is 8. The molecule has 10 N–H and O–H groups in total. The summed E-state index contributed by atoms with van der Waals surface area (Å²) in [6.07, 6.45) is 2.53. The van der Waals surface area contributed by atoms with E-state index in [1.807, 2.05) is 26.2 Å². The van der Waals surface area contributed by atoms with Gasteiger partial charge in [-0.1, -0.05) is 74.5 Å². The van der Waals surface area contributed by atoms with Gasteiger partial charge in [0.05, 0.1) is 12.6 Å². The molecule has 0 aliphatic rings. The van der Waals surface area contributed by atoms with Crippen molar-refractivity contribution < 1.29 is 43.4 Å². The zero-order valence-corrected chi connectivity index (χ0v) is 33.1. The van der Waals surface area contributed by atoms with Crippen LogP contribution in [0.2, 0.25) is 0 Å². The molecule has 0 aliphatic heterocycles. The van der Waals surface area contributed by atoms with Gasteiger partial charge in [-0.25, -0.2) is 4.79 Å². The van der Waals surface area contributed by atoms with Crippen molar-refractivity contribution in [1.82, 2.24) is 26.6 Å². The lowest BCUT2D eigenvalue weighted by atomic mass is 10.0. The number of nitrogens with one attached hydrogen (secondary N) is 5. The fourth-order valence-electron chi connectivity index (χ4n) is 5.42. The number of carboxylic acids is 1. The Hall–Kier alpha value is -5.00. The van der Waals surface area contributed by atoms with Crippen LogP contribution in [-0.4, -0.2) is 102 Å². The molecule has 0 radical (unpaired) electrons. The van der Waals surface area contributed by atoms with Crippen LogP contribution in [0.1, 0.15) is 63.5 Å². The number of thioether (sulfide) groups is 1. The summed E-state index contributed by atoms with van der Waals surface area (Å²) in [5.41, 5.74) is 13.0. The number of carbonyl (C=O) groups is 7. The summed E-state index contributed by atoms with van der Waals surface area (Å²) in [5, 5.41) is 22.4. The molecule has 5 amide bonds. The van der Waals surface area contributed by atoms with Gasteiger partial charge in [0, 0.05) is 12.8 Å². The number of ether oxygens (including phenoxy) is 1. The third-order valence-corrected chi connectivity index (χ3v) is 9.14. The predicted octanol–water partition coefficient (Wildman–Crippen LogP) is 0.758. The number of carboxylic acid groups (broad SMARTS) is 1. The molecule has 0 fully saturated rings. The molecule has 0 aromatic heterocycles. The van der Waals surface area contributed by atoms with Crippen LogP contribution >= 0.6 is 11.8 Å². The standard InChI is InChI=1S/C39H57N7O9S/c1-25(2)21-31(38(52)45-30(39(53)54)18-20-56-3)43-33(47)23-42-36(50)32(22-26-11-6-4-7-12-26)46-37(51)29(44-35(49)28(41)15-10-19-40)16-17-34(48)55-24-27-13-8-5-9-14-27/h4-9,11-14,25,28-32H,10,15-24,40-41H2,1-3H3,(H,42,50)(H,43,47)(H,44,49)(H,45,52)(H,46,51)(H,53,54)/t28-,29-,30-,31-,32-/m0/s1. The molecule has 2 aromatic rings. The van der Waals surface area contributed by atoms with E-state index in [9.17, 15) is 38.7 Å². The fourth-order valence-corrected chi connectivity index (χ4v) is 5.90. The van der Waals surface area contributed by atoms with E-state index < -0.39 is 78.2 Å². The summed E-state index contributed by atoms with van der Waals surface area (Å²) in [6, 6.07) is 12.1. The molecule has 308 valence electrons. The second-order valence-corrected chi connectivity index (χ2v) is 14.7. The van der Waals surface area contributed by atoms with E-state index in [1.54, 1.807) is 54.6 Å². The highest BCUT2D eigenvalue weighted by Gasteiger charge is 2.30. The zero-order chi connectivity index (χ0) is 41.5. The Balaban J connectivity index is 2.20. The second-order valence-electron chi connectivity index (χ2n) is 13.7. The van der Waals surface area contributed by atoms with E-state index in [2.05, 4.69) is 26.6 Å². The zero-order valence-electron chi connectivity index (χ0n) is 32.3. The first-order valence-electron chi connectivity index (χ1n) is 18.6. The molecule has 0 aliphatic carbocycles. The molecule has 5 atom stereocenters. The van der Waals surface area contributed by atoms with Gasteiger partial charge in [-0.05, 0) is 67.7 Å². The van der Waals surface area contributed by atoms with E-state index in [1.165, 1.54) is 11.8 Å². The van der Waals surface area contributed by atoms with Crippen LogP contribution in [0.3, 0.4) is 0 Å². The van der Waals surface area contributed by atoms with Crippen molar-refractivity contribution in [2.24, 2.45) is 17.4 Å². The van der Waals surface area contributed by atoms with Crippen molar-refractivity contribution in [2.45, 2.75) is 95.6 Å². The summed E-state index contributed by atoms with van der Waals surface area (Å²) >= 11 is 1.43. The topological polar surface area (TPSA) is 261 Å². The van der Waals surface area contributed by atoms with Gasteiger partial charge in [-0.3, -0.25) is 28.8 Å². The molecule has 2 aromatic carbocycles. The number of amides is 5. The van der Waals surface area contributed by atoms with Gasteiger partial charge >= 0.3 is 11.9 Å². The summed E-state index contributed by atoms with van der Waals surface area (Å²) in [4.78, 5) is 91.0. The maximum Gasteiger partial charge on any atom is 0.326 e. The van der Waals surface area contributed by atoms with Crippen LogP contribution in [-0.2, 0) is 51.3 Å². The Morgan fingerprint density at radius 3 is 1.91 bits per heavy atom. The number of carbonyl (C=O) groups excluding carboxylic acids is 6. The number of esters is 1. The molecule has 0 unspecified atom stereocenters. The Bertz CT molecular complexity index is 1570. The third-order valence-electron chi connectivity index (χ3n) is 8.49. The second kappa shape index (κ2) is 26.0. The monoisotopic (exact) mass is 799 g/mol. The number of nitrogens with two attached hydrogens (primary N) is 2. The van der Waals surface area contributed by atoms with Gasteiger partial charge < -0.3 is 47.9 Å². The minimum Gasteiger partial charge on any atom is -0.480 e. The quantitative estimate of drug-likeness (QED) is 0.0614. The molecular formula is C39H57N7O9S. The first-order chi connectivity index (χ1) is 26.7. The number of benzene rings is 2. The highest BCUT2D eigenvalue weighted by atomic mass is 32.2. The first-order valence-corrected chi connectivity index (χ1v) is 20.0. The van der Waals surface area contributed by atoms with E-state index >= 15 is 0 Å². The number of hydrogen-bond acceptors (Lipinski definition) is 11. The Morgan fingerprint density at radius 1 is 0.732 bits per heavy atom. The van der Waals surface area contributed by atoms with Crippen molar-refractivity contribution in [1.29, 1.82) is 0 Å². The molecule has 0 bridgehead atoms. The van der Waals surface area contributed by atoms with Gasteiger partial charge in [0.15, 0.2) is 0 Å². The van der Waals surface area contributed by atoms with Crippen LogP contribution in [0, 0.1) is 5.92 Å². The summed E-state index contributed by atoms with van der Waals surface area (Å²) < 4.78 is 5.35. The lowest BCUT2D eigenvalue weighted by Gasteiger charge is -2.25. The van der Waals surface area contributed by atoms with Gasteiger partial charge in [-0.15, -0.1) is 0 Å². The lowest BCUT2D eigenvalue weighted by molar-refractivity contribution is -0.145. The smallest absolute Gasteiger partial charge is 0.326 e. The SMILES string of the molecule is CSCC[C@H](NC(=O)[C@H](CC(C)C)NC(=O)CNC(=O)[C@H](Cc1ccccc1)NC(=O)[C@H](CCC(=O)OCc1ccccc1)NC(=O)[C@@H](N)CCCN)C(=O)O. The van der Waals surface area contributed by atoms with Crippen LogP contribution in [0.25, 0.3) is 0 Å². The Labute approximate surface area is 332 Å². The number of aliphatic carboxylic acids is 1. The summed E-state index contributed by atoms with van der Waals surface area (Å²) in [7, 11) is 0.